The van der Waals surface area contributed by atoms with Gasteiger partial charge < -0.3 is 9.30 Å². The molecule has 0 saturated carbocycles. The quantitative estimate of drug-likeness (QED) is 0.271. The first-order valence-corrected chi connectivity index (χ1v) is 11.9. The molecule has 2 heterocycles. The van der Waals surface area contributed by atoms with E-state index in [9.17, 15) is 4.79 Å². The minimum absolute atomic E-state index is 0.170. The van der Waals surface area contributed by atoms with Gasteiger partial charge in [0, 0.05) is 32.1 Å². The third kappa shape index (κ3) is 4.41. The van der Waals surface area contributed by atoms with Crippen LogP contribution in [0, 0.1) is 6.92 Å². The molecule has 32 heavy (non-hydrogen) atoms. The van der Waals surface area contributed by atoms with Gasteiger partial charge in [-0.2, -0.15) is 0 Å². The van der Waals surface area contributed by atoms with Crippen LogP contribution in [0.1, 0.15) is 37.4 Å². The van der Waals surface area contributed by atoms with Gasteiger partial charge in [0.15, 0.2) is 0 Å². The van der Waals surface area contributed by atoms with Gasteiger partial charge in [-0.3, -0.25) is 9.78 Å². The van der Waals surface area contributed by atoms with Gasteiger partial charge in [0.05, 0.1) is 29.9 Å². The first-order chi connectivity index (χ1) is 15.5. The highest BCUT2D eigenvalue weighted by Gasteiger charge is 2.21. The van der Waals surface area contributed by atoms with E-state index in [0.29, 0.717) is 18.1 Å². The molecule has 0 aliphatic heterocycles. The lowest BCUT2D eigenvalue weighted by Crippen LogP contribution is -2.15. The Hall–Kier alpha value is -2.76. The molecule has 6 heteroatoms. The largest absolute Gasteiger partial charge is 0.466 e. The van der Waals surface area contributed by atoms with Crippen molar-refractivity contribution in [2.75, 3.05) is 6.61 Å². The van der Waals surface area contributed by atoms with Crippen LogP contribution in [-0.2, 0) is 9.53 Å². The van der Waals surface area contributed by atoms with Crippen molar-refractivity contribution in [1.82, 2.24) is 9.55 Å². The van der Waals surface area contributed by atoms with Crippen LogP contribution in [0.4, 0.5) is 0 Å². The maximum Gasteiger partial charge on any atom is 0.313 e. The number of halogens is 1. The Kier molecular flexibility index (Phi) is 6.87. The van der Waals surface area contributed by atoms with Crippen molar-refractivity contribution in [3.63, 3.8) is 0 Å². The number of nitrogens with zero attached hydrogens (tertiary/aromatic N) is 2. The average molecular weight is 465 g/mol. The van der Waals surface area contributed by atoms with Crippen molar-refractivity contribution in [2.45, 2.75) is 42.9 Å². The van der Waals surface area contributed by atoms with Crippen LogP contribution in [0.5, 0.6) is 0 Å². The molecule has 1 atom stereocenters. The molecule has 0 bridgehead atoms. The summed E-state index contributed by atoms with van der Waals surface area (Å²) < 4.78 is 7.47. The van der Waals surface area contributed by atoms with Gasteiger partial charge in [-0.05, 0) is 62.2 Å². The number of rotatable bonds is 7. The van der Waals surface area contributed by atoms with E-state index in [1.165, 1.54) is 0 Å². The number of aromatic nitrogens is 2. The fourth-order valence-corrected chi connectivity index (χ4v) is 5.27. The van der Waals surface area contributed by atoms with E-state index in [1.807, 2.05) is 56.4 Å². The molecule has 0 amide bonds. The first kappa shape index (κ1) is 22.4. The molecular weight excluding hydrogens is 440 g/mol. The monoisotopic (exact) mass is 464 g/mol. The van der Waals surface area contributed by atoms with Crippen molar-refractivity contribution >= 4 is 40.2 Å². The van der Waals surface area contributed by atoms with E-state index in [4.69, 9.17) is 16.3 Å². The molecule has 4 aromatic rings. The summed E-state index contributed by atoms with van der Waals surface area (Å²) in [5.41, 5.74) is 4.13. The number of benzene rings is 2. The summed E-state index contributed by atoms with van der Waals surface area (Å²) in [6.45, 7) is 6.35. The third-order valence-electron chi connectivity index (χ3n) is 5.47. The highest BCUT2D eigenvalue weighted by atomic mass is 35.5. The summed E-state index contributed by atoms with van der Waals surface area (Å²) in [6.07, 6.45) is 4.32. The highest BCUT2D eigenvalue weighted by molar-refractivity contribution is 7.99. The normalized spacial score (nSPS) is 12.1. The molecule has 164 valence electrons. The van der Waals surface area contributed by atoms with Crippen molar-refractivity contribution in [3.8, 4) is 5.69 Å². The number of hydrogen-bond acceptors (Lipinski definition) is 4. The number of fused-ring (bicyclic) bond motifs is 1. The molecule has 4 rings (SSSR count). The molecule has 1 unspecified atom stereocenters. The lowest BCUT2D eigenvalue weighted by Gasteiger charge is -2.15. The molecular formula is C26H25ClN2O2S. The summed E-state index contributed by atoms with van der Waals surface area (Å²) in [6, 6.07) is 18.1. The maximum absolute atomic E-state index is 12.4. The lowest BCUT2D eigenvalue weighted by molar-refractivity contribution is -0.145. The third-order valence-corrected chi connectivity index (χ3v) is 6.92. The first-order valence-electron chi connectivity index (χ1n) is 10.7. The van der Waals surface area contributed by atoms with E-state index in [-0.39, 0.29) is 11.9 Å². The molecule has 0 spiro atoms. The van der Waals surface area contributed by atoms with E-state index in [2.05, 4.69) is 34.7 Å². The van der Waals surface area contributed by atoms with Crippen molar-refractivity contribution in [3.05, 3.63) is 83.3 Å². The zero-order chi connectivity index (χ0) is 22.7. The van der Waals surface area contributed by atoms with Crippen molar-refractivity contribution in [2.24, 2.45) is 0 Å². The van der Waals surface area contributed by atoms with Gasteiger partial charge in [0.25, 0.3) is 0 Å². The fraction of sp³-hybridized carbons (Fsp3) is 0.231. The number of ether oxygens (including phenoxy) is 1. The molecule has 4 nitrogen and oxygen atoms in total. The van der Waals surface area contributed by atoms with Crippen LogP contribution in [-0.4, -0.2) is 22.1 Å². The van der Waals surface area contributed by atoms with Gasteiger partial charge in [-0.25, -0.2) is 0 Å². The molecule has 0 radical (unpaired) electrons. The van der Waals surface area contributed by atoms with Crippen LogP contribution < -0.4 is 0 Å². The second-order valence-electron chi connectivity index (χ2n) is 7.51. The van der Waals surface area contributed by atoms with E-state index < -0.39 is 0 Å². The lowest BCUT2D eigenvalue weighted by atomic mass is 9.97. The predicted octanol–water partition coefficient (Wildman–Crippen LogP) is 7.20. The van der Waals surface area contributed by atoms with Crippen LogP contribution >= 0.6 is 23.4 Å². The Balaban J connectivity index is 1.78. The standard InChI is InChI=1S/C26H25ClN2O2S/c1-4-22(26(30)31-5-2)18-8-6-10-21(14-18)32-25-17(3)29(20-9-7-13-28-16-20)24-15-19(27)11-12-23(24)25/h6-16,22H,4-5H2,1-3H3. The highest BCUT2D eigenvalue weighted by Crippen LogP contribution is 2.41. The number of carbonyl (C=O) groups is 1. The van der Waals surface area contributed by atoms with Crippen LogP contribution in [0.25, 0.3) is 16.6 Å². The molecule has 2 aromatic carbocycles. The average Bonchev–Trinajstić information content (AvgIpc) is 3.06. The molecule has 0 fully saturated rings. The van der Waals surface area contributed by atoms with Gasteiger partial charge in [0.1, 0.15) is 0 Å². The Morgan fingerprint density at radius 3 is 2.72 bits per heavy atom. The van der Waals surface area contributed by atoms with Gasteiger partial charge >= 0.3 is 5.97 Å². The Labute approximate surface area is 197 Å². The topological polar surface area (TPSA) is 44.1 Å². The smallest absolute Gasteiger partial charge is 0.313 e. The van der Waals surface area contributed by atoms with Gasteiger partial charge in [-0.15, -0.1) is 0 Å². The molecule has 0 saturated heterocycles. The number of pyridine rings is 1. The van der Waals surface area contributed by atoms with Crippen LogP contribution in [0.3, 0.4) is 0 Å². The summed E-state index contributed by atoms with van der Waals surface area (Å²) >= 11 is 8.04. The zero-order valence-corrected chi connectivity index (χ0v) is 19.9. The summed E-state index contributed by atoms with van der Waals surface area (Å²) in [5.74, 6) is -0.428. The van der Waals surface area contributed by atoms with Gasteiger partial charge in [-0.1, -0.05) is 48.5 Å². The van der Waals surface area contributed by atoms with E-state index >= 15 is 0 Å². The SMILES string of the molecule is CCOC(=O)C(CC)c1cccc(Sc2c(C)n(-c3cccnc3)c3cc(Cl)ccc23)c1. The van der Waals surface area contributed by atoms with E-state index in [1.54, 1.807) is 18.0 Å². The second-order valence-corrected chi connectivity index (χ2v) is 9.03. The van der Waals surface area contributed by atoms with Crippen LogP contribution in [0.2, 0.25) is 5.02 Å². The predicted molar refractivity (Wildman–Crippen MR) is 131 cm³/mol. The molecule has 0 aliphatic carbocycles. The molecule has 2 aromatic heterocycles. The van der Waals surface area contributed by atoms with E-state index in [0.717, 1.165) is 37.6 Å². The van der Waals surface area contributed by atoms with Gasteiger partial charge in [0.2, 0.25) is 0 Å². The fourth-order valence-electron chi connectivity index (χ4n) is 4.00. The maximum atomic E-state index is 12.4. The summed E-state index contributed by atoms with van der Waals surface area (Å²) in [5, 5.41) is 1.82. The summed E-state index contributed by atoms with van der Waals surface area (Å²) in [4.78, 5) is 18.9. The Morgan fingerprint density at radius 2 is 2.00 bits per heavy atom. The number of hydrogen-bond donors (Lipinski definition) is 0. The van der Waals surface area contributed by atoms with Crippen molar-refractivity contribution < 1.29 is 9.53 Å². The number of esters is 1. The Morgan fingerprint density at radius 1 is 1.16 bits per heavy atom. The molecule has 0 aliphatic rings. The Bertz CT molecular complexity index is 1250. The minimum atomic E-state index is -0.257. The second kappa shape index (κ2) is 9.80. The number of carbonyl (C=O) groups excluding carboxylic acids is 1. The minimum Gasteiger partial charge on any atom is -0.466 e. The zero-order valence-electron chi connectivity index (χ0n) is 18.3. The van der Waals surface area contributed by atoms with Crippen molar-refractivity contribution in [1.29, 1.82) is 0 Å². The van der Waals surface area contributed by atoms with Crippen LogP contribution in [0.15, 0.2) is 76.8 Å². The molecule has 0 N–H and O–H groups in total. The summed E-state index contributed by atoms with van der Waals surface area (Å²) in [7, 11) is 0.